The number of rotatable bonds is 4. The maximum atomic E-state index is 13.2. The van der Waals surface area contributed by atoms with Crippen LogP contribution >= 0.6 is 0 Å². The van der Waals surface area contributed by atoms with Crippen LogP contribution in [0.5, 0.6) is 0 Å². The Hall–Kier alpha value is -2.51. The van der Waals surface area contributed by atoms with Crippen molar-refractivity contribution in [1.82, 2.24) is 14.2 Å². The average molecular weight is 343 g/mol. The fraction of sp³-hybridized carbons (Fsp3) is 0.333. The van der Waals surface area contributed by atoms with E-state index in [1.807, 2.05) is 0 Å². The lowest BCUT2D eigenvalue weighted by Crippen LogP contribution is -2.27. The number of benzene rings is 1. The third kappa shape index (κ3) is 2.85. The Balaban J connectivity index is 1.82. The van der Waals surface area contributed by atoms with Crippen LogP contribution < -0.4 is 5.56 Å². The van der Waals surface area contributed by atoms with E-state index >= 15 is 0 Å². The highest BCUT2D eigenvalue weighted by Crippen LogP contribution is 2.25. The van der Waals surface area contributed by atoms with E-state index in [4.69, 9.17) is 4.74 Å². The summed E-state index contributed by atoms with van der Waals surface area (Å²) in [5.74, 6) is -0.350. The number of fused-ring (bicyclic) bond motifs is 1. The van der Waals surface area contributed by atoms with Gasteiger partial charge in [0.1, 0.15) is 11.3 Å². The highest BCUT2D eigenvalue weighted by atomic mass is 19.1. The number of aliphatic hydroxyl groups excluding tert-OH is 1. The summed E-state index contributed by atoms with van der Waals surface area (Å²) in [5, 5.41) is 14.2. The lowest BCUT2D eigenvalue weighted by Gasteiger charge is -2.11. The van der Waals surface area contributed by atoms with Gasteiger partial charge < -0.3 is 14.4 Å². The van der Waals surface area contributed by atoms with Crippen LogP contribution in [0.2, 0.25) is 0 Å². The number of aromatic nitrogens is 3. The van der Waals surface area contributed by atoms with Crippen molar-refractivity contribution in [3.8, 4) is 11.3 Å². The van der Waals surface area contributed by atoms with Gasteiger partial charge in [-0.15, -0.1) is 0 Å². The fourth-order valence-corrected chi connectivity index (χ4v) is 3.29. The third-order valence-electron chi connectivity index (χ3n) is 4.56. The molecule has 1 unspecified atom stereocenters. The van der Waals surface area contributed by atoms with E-state index in [-0.39, 0.29) is 24.1 Å². The molecule has 6 nitrogen and oxygen atoms in total. The Labute approximate surface area is 143 Å². The largest absolute Gasteiger partial charge is 0.392 e. The van der Waals surface area contributed by atoms with Gasteiger partial charge in [0.25, 0.3) is 5.56 Å². The summed E-state index contributed by atoms with van der Waals surface area (Å²) in [6, 6.07) is 5.83. The predicted molar refractivity (Wildman–Crippen MR) is 89.7 cm³/mol. The van der Waals surface area contributed by atoms with Crippen molar-refractivity contribution < 1.29 is 14.2 Å². The monoisotopic (exact) mass is 343 g/mol. The molecule has 130 valence electrons. The number of ether oxygens (including phenoxy) is 1. The maximum absolute atomic E-state index is 13.2. The molecule has 0 radical (unpaired) electrons. The predicted octanol–water partition coefficient (Wildman–Crippen LogP) is 1.97. The Morgan fingerprint density at radius 1 is 1.28 bits per heavy atom. The van der Waals surface area contributed by atoms with Crippen LogP contribution in [0.3, 0.4) is 0 Å². The summed E-state index contributed by atoms with van der Waals surface area (Å²) in [5.41, 5.74) is 1.69. The number of aliphatic hydroxyl groups is 1. The Bertz CT molecular complexity index is 956. The molecule has 1 atom stereocenters. The molecular weight excluding hydrogens is 325 g/mol. The maximum Gasteiger partial charge on any atom is 0.277 e. The molecule has 0 saturated carbocycles. The smallest absolute Gasteiger partial charge is 0.277 e. The van der Waals surface area contributed by atoms with E-state index in [1.165, 1.54) is 16.6 Å². The summed E-state index contributed by atoms with van der Waals surface area (Å²) in [6.45, 7) is 0.887. The molecule has 0 aliphatic carbocycles. The average Bonchev–Trinajstić information content (AvgIpc) is 3.25. The zero-order chi connectivity index (χ0) is 17.4. The first-order chi connectivity index (χ1) is 12.2. The SMILES string of the molecule is O=c1c2c(CO)c(-c3ccc(F)cc3)nn2ccn1CC1CCCO1. The zero-order valence-corrected chi connectivity index (χ0v) is 13.6. The van der Waals surface area contributed by atoms with Gasteiger partial charge >= 0.3 is 0 Å². The first-order valence-electron chi connectivity index (χ1n) is 8.26. The lowest BCUT2D eigenvalue weighted by molar-refractivity contribution is 0.0962. The van der Waals surface area contributed by atoms with Crippen LogP contribution in [0.4, 0.5) is 4.39 Å². The normalized spacial score (nSPS) is 17.4. The molecule has 1 saturated heterocycles. The van der Waals surface area contributed by atoms with Gasteiger partial charge in [-0.3, -0.25) is 4.79 Å². The van der Waals surface area contributed by atoms with E-state index in [0.717, 1.165) is 19.4 Å². The Morgan fingerprint density at radius 3 is 2.76 bits per heavy atom. The Morgan fingerprint density at radius 2 is 2.08 bits per heavy atom. The van der Waals surface area contributed by atoms with Crippen molar-refractivity contribution in [3.63, 3.8) is 0 Å². The molecule has 1 fully saturated rings. The molecule has 3 aromatic rings. The minimum absolute atomic E-state index is 0.0391. The molecule has 2 aromatic heterocycles. The second kappa shape index (κ2) is 6.42. The van der Waals surface area contributed by atoms with E-state index in [0.29, 0.717) is 28.9 Å². The molecule has 0 spiro atoms. The van der Waals surface area contributed by atoms with Gasteiger partial charge in [0.2, 0.25) is 0 Å². The minimum atomic E-state index is -0.350. The number of hydrogen-bond donors (Lipinski definition) is 1. The van der Waals surface area contributed by atoms with Crippen molar-refractivity contribution >= 4 is 5.52 Å². The topological polar surface area (TPSA) is 68.8 Å². The molecule has 4 rings (SSSR count). The van der Waals surface area contributed by atoms with E-state index in [9.17, 15) is 14.3 Å². The summed E-state index contributed by atoms with van der Waals surface area (Å²) in [4.78, 5) is 12.9. The van der Waals surface area contributed by atoms with Gasteiger partial charge in [0, 0.05) is 30.1 Å². The standard InChI is InChI=1S/C18H18FN3O3/c19-13-5-3-12(4-6-13)16-15(11-23)17-18(24)21(7-8-22(17)20-16)10-14-2-1-9-25-14/h3-8,14,23H,1-2,9-11H2. The van der Waals surface area contributed by atoms with Gasteiger partial charge in [-0.2, -0.15) is 5.10 Å². The zero-order valence-electron chi connectivity index (χ0n) is 13.6. The molecule has 1 aromatic carbocycles. The van der Waals surface area contributed by atoms with Crippen molar-refractivity contribution in [1.29, 1.82) is 0 Å². The van der Waals surface area contributed by atoms with Crippen LogP contribution in [0.25, 0.3) is 16.8 Å². The molecule has 1 aliphatic rings. The molecule has 0 bridgehead atoms. The van der Waals surface area contributed by atoms with Crippen LogP contribution in [-0.2, 0) is 17.9 Å². The summed E-state index contributed by atoms with van der Waals surface area (Å²) < 4.78 is 21.8. The minimum Gasteiger partial charge on any atom is -0.392 e. The molecule has 3 heterocycles. The second-order valence-electron chi connectivity index (χ2n) is 6.18. The summed E-state index contributed by atoms with van der Waals surface area (Å²) in [6.07, 6.45) is 5.35. The summed E-state index contributed by atoms with van der Waals surface area (Å²) >= 11 is 0. The Kier molecular flexibility index (Phi) is 4.10. The molecule has 0 amide bonds. The van der Waals surface area contributed by atoms with Gasteiger partial charge in [-0.05, 0) is 37.1 Å². The molecular formula is C18H18FN3O3. The lowest BCUT2D eigenvalue weighted by atomic mass is 10.1. The number of nitrogens with zero attached hydrogens (tertiary/aromatic N) is 3. The van der Waals surface area contributed by atoms with Crippen molar-refractivity contribution in [2.24, 2.45) is 0 Å². The van der Waals surface area contributed by atoms with Crippen LogP contribution in [0, 0.1) is 5.82 Å². The van der Waals surface area contributed by atoms with Gasteiger partial charge in [-0.25, -0.2) is 8.91 Å². The van der Waals surface area contributed by atoms with Crippen molar-refractivity contribution in [2.45, 2.75) is 32.1 Å². The first-order valence-corrected chi connectivity index (χ1v) is 8.26. The highest BCUT2D eigenvalue weighted by Gasteiger charge is 2.20. The molecule has 1 aliphatic heterocycles. The van der Waals surface area contributed by atoms with Gasteiger partial charge in [0.15, 0.2) is 0 Å². The molecule has 25 heavy (non-hydrogen) atoms. The fourth-order valence-electron chi connectivity index (χ4n) is 3.29. The van der Waals surface area contributed by atoms with Gasteiger partial charge in [-0.1, -0.05) is 0 Å². The van der Waals surface area contributed by atoms with Crippen molar-refractivity contribution in [3.05, 3.63) is 58.4 Å². The quantitative estimate of drug-likeness (QED) is 0.786. The van der Waals surface area contributed by atoms with Crippen LogP contribution in [-0.4, -0.2) is 32.0 Å². The first kappa shape index (κ1) is 16.0. The second-order valence-corrected chi connectivity index (χ2v) is 6.18. The van der Waals surface area contributed by atoms with Crippen LogP contribution in [0.1, 0.15) is 18.4 Å². The number of halogens is 1. The third-order valence-corrected chi connectivity index (χ3v) is 4.56. The molecule has 1 N–H and O–H groups in total. The van der Waals surface area contributed by atoms with E-state index in [2.05, 4.69) is 5.10 Å². The van der Waals surface area contributed by atoms with Gasteiger partial charge in [0.05, 0.1) is 24.9 Å². The number of hydrogen-bond acceptors (Lipinski definition) is 4. The van der Waals surface area contributed by atoms with Crippen LogP contribution in [0.15, 0.2) is 41.5 Å². The van der Waals surface area contributed by atoms with Crippen molar-refractivity contribution in [2.75, 3.05) is 6.61 Å². The summed E-state index contributed by atoms with van der Waals surface area (Å²) in [7, 11) is 0. The van der Waals surface area contributed by atoms with E-state index in [1.54, 1.807) is 29.1 Å². The van der Waals surface area contributed by atoms with E-state index < -0.39 is 0 Å². The molecule has 7 heteroatoms. The highest BCUT2D eigenvalue weighted by molar-refractivity contribution is 5.72.